The number of nitrogens with zero attached hydrogens (tertiary/aromatic N) is 4. The summed E-state index contributed by atoms with van der Waals surface area (Å²) in [5.41, 5.74) is 0.500. The lowest BCUT2D eigenvalue weighted by atomic mass is 10.2. The number of esters is 1. The molecule has 3 rings (SSSR count). The number of cyclic esters (lactones) is 1. The molecule has 2 aromatic rings. The molecule has 1 atom stereocenters. The number of nitrogens with one attached hydrogen (secondary N) is 1. The molecule has 0 bridgehead atoms. The fourth-order valence-corrected chi connectivity index (χ4v) is 2.18. The number of carbonyl (C=O) groups is 1. The van der Waals surface area contributed by atoms with E-state index >= 15 is 0 Å². The zero-order chi connectivity index (χ0) is 15.9. The quantitative estimate of drug-likeness (QED) is 0.866. The third kappa shape index (κ3) is 2.81. The zero-order valence-corrected chi connectivity index (χ0v) is 11.5. The Morgan fingerprint density at radius 3 is 2.86 bits per heavy atom. The van der Waals surface area contributed by atoms with Crippen molar-refractivity contribution in [3.05, 3.63) is 17.6 Å². The number of aryl methyl sites for hydroxylation is 1. The second kappa shape index (κ2) is 5.11. The molecule has 7 nitrogen and oxygen atoms in total. The molecule has 1 aliphatic rings. The minimum atomic E-state index is -4.64. The van der Waals surface area contributed by atoms with Crippen LogP contribution in [0.2, 0.25) is 0 Å². The number of alkyl halides is 3. The highest BCUT2D eigenvalue weighted by atomic mass is 19.4. The van der Waals surface area contributed by atoms with Gasteiger partial charge in [0.05, 0.1) is 6.54 Å². The van der Waals surface area contributed by atoms with Crippen molar-refractivity contribution in [2.24, 2.45) is 0 Å². The van der Waals surface area contributed by atoms with Gasteiger partial charge in [-0.05, 0) is 13.3 Å². The van der Waals surface area contributed by atoms with Gasteiger partial charge in [-0.1, -0.05) is 0 Å². The monoisotopic (exact) mass is 315 g/mol. The summed E-state index contributed by atoms with van der Waals surface area (Å²) < 4.78 is 44.1. The highest BCUT2D eigenvalue weighted by Crippen LogP contribution is 2.27. The molecule has 118 valence electrons. The van der Waals surface area contributed by atoms with Crippen molar-refractivity contribution in [3.8, 4) is 0 Å². The van der Waals surface area contributed by atoms with Crippen LogP contribution in [0.5, 0.6) is 0 Å². The molecule has 1 unspecified atom stereocenters. The van der Waals surface area contributed by atoms with Crippen molar-refractivity contribution < 1.29 is 22.7 Å². The summed E-state index contributed by atoms with van der Waals surface area (Å²) in [6.45, 7) is 1.92. The van der Waals surface area contributed by atoms with Crippen molar-refractivity contribution in [1.82, 2.24) is 19.6 Å². The number of carbonyl (C=O) groups excluding carboxylic acids is 1. The van der Waals surface area contributed by atoms with E-state index in [9.17, 15) is 18.0 Å². The number of fused-ring (bicyclic) bond motifs is 1. The number of rotatable bonds is 3. The van der Waals surface area contributed by atoms with Crippen LogP contribution in [0.15, 0.2) is 6.07 Å². The number of hydrogen-bond donors (Lipinski definition) is 1. The molecule has 1 fully saturated rings. The predicted molar refractivity (Wildman–Crippen MR) is 68.1 cm³/mol. The predicted octanol–water partition coefficient (Wildman–Crippen LogP) is 1.57. The Morgan fingerprint density at radius 1 is 1.45 bits per heavy atom. The first-order valence-corrected chi connectivity index (χ1v) is 6.58. The van der Waals surface area contributed by atoms with Gasteiger partial charge in [0.2, 0.25) is 0 Å². The Hall–Kier alpha value is -2.39. The van der Waals surface area contributed by atoms with E-state index in [1.807, 2.05) is 0 Å². The minimum absolute atomic E-state index is 0.141. The van der Waals surface area contributed by atoms with Crippen LogP contribution in [0.25, 0.3) is 5.78 Å². The van der Waals surface area contributed by atoms with Gasteiger partial charge in [-0.2, -0.15) is 22.7 Å². The largest absolute Gasteiger partial charge is 0.460 e. The zero-order valence-electron chi connectivity index (χ0n) is 11.5. The third-order valence-corrected chi connectivity index (χ3v) is 3.17. The molecule has 0 saturated carbocycles. The molecule has 3 heterocycles. The van der Waals surface area contributed by atoms with Crippen LogP contribution in [0.3, 0.4) is 0 Å². The topological polar surface area (TPSA) is 81.4 Å². The van der Waals surface area contributed by atoms with E-state index in [4.69, 9.17) is 4.74 Å². The molecule has 1 N–H and O–H groups in total. The van der Waals surface area contributed by atoms with E-state index in [1.165, 1.54) is 0 Å². The van der Waals surface area contributed by atoms with Crippen LogP contribution in [0.1, 0.15) is 24.4 Å². The Labute approximate surface area is 122 Å². The average molecular weight is 315 g/mol. The SMILES string of the molecule is Cc1cc(NCC2CCC(=O)O2)n2nc(C(F)(F)F)nc2n1. The number of hydrogen-bond acceptors (Lipinski definition) is 6. The Balaban J connectivity index is 1.87. The summed E-state index contributed by atoms with van der Waals surface area (Å²) in [6, 6.07) is 1.55. The van der Waals surface area contributed by atoms with Gasteiger partial charge in [0.25, 0.3) is 11.6 Å². The maximum atomic E-state index is 12.7. The van der Waals surface area contributed by atoms with Gasteiger partial charge in [0.15, 0.2) is 0 Å². The van der Waals surface area contributed by atoms with E-state index in [0.29, 0.717) is 24.4 Å². The maximum absolute atomic E-state index is 12.7. The van der Waals surface area contributed by atoms with Crippen molar-refractivity contribution in [2.45, 2.75) is 32.0 Å². The van der Waals surface area contributed by atoms with E-state index in [0.717, 1.165) is 4.52 Å². The smallest absolute Gasteiger partial charge is 0.453 e. The van der Waals surface area contributed by atoms with Gasteiger partial charge in [0, 0.05) is 18.2 Å². The first-order chi connectivity index (χ1) is 10.3. The highest BCUT2D eigenvalue weighted by Gasteiger charge is 2.37. The second-order valence-corrected chi connectivity index (χ2v) is 4.96. The molecule has 0 aliphatic carbocycles. The fourth-order valence-electron chi connectivity index (χ4n) is 2.18. The number of ether oxygens (including phenoxy) is 1. The molecule has 10 heteroatoms. The summed E-state index contributed by atoms with van der Waals surface area (Å²) in [6.07, 6.45) is -4.02. The molecule has 0 amide bonds. The van der Waals surface area contributed by atoms with E-state index in [1.54, 1.807) is 13.0 Å². The summed E-state index contributed by atoms with van der Waals surface area (Å²) in [4.78, 5) is 18.3. The van der Waals surface area contributed by atoms with Gasteiger partial charge < -0.3 is 10.1 Å². The first-order valence-electron chi connectivity index (χ1n) is 6.58. The molecule has 0 spiro atoms. The first kappa shape index (κ1) is 14.5. The van der Waals surface area contributed by atoms with Crippen molar-refractivity contribution in [2.75, 3.05) is 11.9 Å². The summed E-state index contributed by atoms with van der Waals surface area (Å²) in [7, 11) is 0. The highest BCUT2D eigenvalue weighted by molar-refractivity contribution is 5.71. The molecule has 0 aromatic carbocycles. The molecule has 1 saturated heterocycles. The third-order valence-electron chi connectivity index (χ3n) is 3.17. The van der Waals surface area contributed by atoms with E-state index in [-0.39, 0.29) is 24.4 Å². The minimum Gasteiger partial charge on any atom is -0.460 e. The van der Waals surface area contributed by atoms with Gasteiger partial charge in [-0.15, -0.1) is 5.10 Å². The van der Waals surface area contributed by atoms with Crippen LogP contribution in [-0.2, 0) is 15.7 Å². The second-order valence-electron chi connectivity index (χ2n) is 4.96. The Bertz CT molecular complexity index is 727. The van der Waals surface area contributed by atoms with Crippen LogP contribution in [0, 0.1) is 6.92 Å². The molecule has 1 aliphatic heterocycles. The van der Waals surface area contributed by atoms with Crippen molar-refractivity contribution in [1.29, 1.82) is 0 Å². The van der Waals surface area contributed by atoms with Gasteiger partial charge in [0.1, 0.15) is 11.9 Å². The van der Waals surface area contributed by atoms with Crippen LogP contribution < -0.4 is 5.32 Å². The van der Waals surface area contributed by atoms with Gasteiger partial charge in [-0.3, -0.25) is 4.79 Å². The number of anilines is 1. The number of halogens is 3. The molecular weight excluding hydrogens is 303 g/mol. The van der Waals surface area contributed by atoms with Crippen molar-refractivity contribution >= 4 is 17.6 Å². The van der Waals surface area contributed by atoms with Crippen molar-refractivity contribution in [3.63, 3.8) is 0 Å². The lowest BCUT2D eigenvalue weighted by Gasteiger charge is -2.12. The normalized spacial score (nSPS) is 18.7. The summed E-state index contributed by atoms with van der Waals surface area (Å²) in [5.74, 6) is -1.35. The van der Waals surface area contributed by atoms with E-state index in [2.05, 4.69) is 20.4 Å². The van der Waals surface area contributed by atoms with E-state index < -0.39 is 12.0 Å². The van der Waals surface area contributed by atoms with Crippen LogP contribution in [-0.4, -0.2) is 38.2 Å². The Kier molecular flexibility index (Phi) is 3.38. The Morgan fingerprint density at radius 2 is 2.23 bits per heavy atom. The summed E-state index contributed by atoms with van der Waals surface area (Å²) in [5, 5.41) is 6.36. The maximum Gasteiger partial charge on any atom is 0.453 e. The molecule has 2 aromatic heterocycles. The van der Waals surface area contributed by atoms with Gasteiger partial charge >= 0.3 is 12.1 Å². The lowest BCUT2D eigenvalue weighted by molar-refractivity contribution is -0.144. The molecular formula is C12H12F3N5O2. The lowest BCUT2D eigenvalue weighted by Crippen LogP contribution is -2.21. The number of aromatic nitrogens is 4. The standard InChI is InChI=1S/C12H12F3N5O2/c1-6-4-8(16-5-7-2-3-9(21)22-7)20-11(17-6)18-10(19-20)12(13,14)15/h4,7,16H,2-3,5H2,1H3. The molecule has 0 radical (unpaired) electrons. The van der Waals surface area contributed by atoms with Gasteiger partial charge in [-0.25, -0.2) is 4.98 Å². The van der Waals surface area contributed by atoms with Crippen LogP contribution >= 0.6 is 0 Å². The fraction of sp³-hybridized carbons (Fsp3) is 0.500. The molecule has 22 heavy (non-hydrogen) atoms. The van der Waals surface area contributed by atoms with Crippen LogP contribution in [0.4, 0.5) is 19.0 Å². The average Bonchev–Trinajstić information content (AvgIpc) is 3.01. The summed E-state index contributed by atoms with van der Waals surface area (Å²) >= 11 is 0.